The number of phenolic OH excluding ortho intramolecular Hbond substituents is 1. The van der Waals surface area contributed by atoms with Crippen LogP contribution in [0.25, 0.3) is 0 Å². The molecule has 0 bridgehead atoms. The molecule has 0 unspecified atom stereocenters. The fraction of sp³-hybridized carbons (Fsp3) is 0.350. The molecule has 2 aromatic carbocycles. The third-order valence-corrected chi connectivity index (χ3v) is 4.16. The zero-order valence-electron chi connectivity index (χ0n) is 15.3. The molecule has 0 spiro atoms. The molecule has 2 aromatic rings. The van der Waals surface area contributed by atoms with E-state index in [1.807, 2.05) is 52.0 Å². The number of hydrogen-bond donors (Lipinski definition) is 2. The number of aryl methyl sites for hydroxylation is 4. The molecule has 0 heterocycles. The summed E-state index contributed by atoms with van der Waals surface area (Å²) in [6.07, 6.45) is 0.409. The van der Waals surface area contributed by atoms with Crippen molar-refractivity contribution in [3.63, 3.8) is 0 Å². The zero-order valence-corrected chi connectivity index (χ0v) is 15.3. The molecular formula is C20H25NO4. The Morgan fingerprint density at radius 2 is 1.56 bits per heavy atom. The highest BCUT2D eigenvalue weighted by Crippen LogP contribution is 2.33. The van der Waals surface area contributed by atoms with Gasteiger partial charge in [-0.2, -0.15) is 0 Å². The molecule has 1 atom stereocenters. The third kappa shape index (κ3) is 4.31. The van der Waals surface area contributed by atoms with Crippen LogP contribution in [0.3, 0.4) is 0 Å². The van der Waals surface area contributed by atoms with Crippen molar-refractivity contribution in [2.75, 3.05) is 7.11 Å². The molecule has 0 aliphatic carbocycles. The monoisotopic (exact) mass is 343 g/mol. The molecule has 0 saturated heterocycles. The van der Waals surface area contributed by atoms with Crippen LogP contribution < -0.4 is 10.5 Å². The Morgan fingerprint density at radius 3 is 2.04 bits per heavy atom. The van der Waals surface area contributed by atoms with E-state index in [2.05, 4.69) is 4.74 Å². The summed E-state index contributed by atoms with van der Waals surface area (Å²) in [6, 6.07) is 6.86. The maximum atomic E-state index is 11.5. The van der Waals surface area contributed by atoms with E-state index in [9.17, 15) is 9.90 Å². The summed E-state index contributed by atoms with van der Waals surface area (Å²) in [5.74, 6) is 1.30. The molecule has 0 fully saturated rings. The quantitative estimate of drug-likeness (QED) is 0.813. The van der Waals surface area contributed by atoms with Gasteiger partial charge in [-0.1, -0.05) is 12.1 Å². The number of carbonyl (C=O) groups is 1. The number of nitrogens with two attached hydrogens (primary N) is 1. The van der Waals surface area contributed by atoms with Gasteiger partial charge in [0.05, 0.1) is 7.11 Å². The fourth-order valence-electron chi connectivity index (χ4n) is 2.90. The van der Waals surface area contributed by atoms with Crippen LogP contribution in [0.5, 0.6) is 17.2 Å². The van der Waals surface area contributed by atoms with Crippen molar-refractivity contribution in [2.24, 2.45) is 5.73 Å². The minimum absolute atomic E-state index is 0.285. The Hall–Kier alpha value is -2.53. The normalized spacial score (nSPS) is 11.9. The van der Waals surface area contributed by atoms with Gasteiger partial charge in [-0.15, -0.1) is 0 Å². The maximum absolute atomic E-state index is 11.5. The first-order valence-electron chi connectivity index (χ1n) is 8.14. The summed E-state index contributed by atoms with van der Waals surface area (Å²) < 4.78 is 10.7. The molecule has 3 N–H and O–H groups in total. The highest BCUT2D eigenvalue weighted by Gasteiger charge is 2.16. The van der Waals surface area contributed by atoms with Gasteiger partial charge in [0.2, 0.25) is 0 Å². The zero-order chi connectivity index (χ0) is 18.7. The summed E-state index contributed by atoms with van der Waals surface area (Å²) in [7, 11) is 1.33. The van der Waals surface area contributed by atoms with Crippen molar-refractivity contribution in [1.82, 2.24) is 0 Å². The van der Waals surface area contributed by atoms with E-state index in [-0.39, 0.29) is 5.75 Å². The highest BCUT2D eigenvalue weighted by atomic mass is 16.5. The summed E-state index contributed by atoms with van der Waals surface area (Å²) in [5, 5.41) is 9.89. The van der Waals surface area contributed by atoms with E-state index < -0.39 is 12.0 Å². The van der Waals surface area contributed by atoms with Crippen LogP contribution in [0, 0.1) is 27.7 Å². The molecule has 25 heavy (non-hydrogen) atoms. The lowest BCUT2D eigenvalue weighted by Crippen LogP contribution is -2.33. The van der Waals surface area contributed by atoms with E-state index >= 15 is 0 Å². The lowest BCUT2D eigenvalue weighted by molar-refractivity contribution is -0.142. The highest BCUT2D eigenvalue weighted by molar-refractivity contribution is 5.75. The number of methoxy groups -OCH3 is 1. The predicted molar refractivity (Wildman–Crippen MR) is 97.3 cm³/mol. The third-order valence-electron chi connectivity index (χ3n) is 4.16. The summed E-state index contributed by atoms with van der Waals surface area (Å²) in [5.41, 5.74) is 10.2. The SMILES string of the molecule is COC(=O)[C@@H](N)Cc1cc(C)c(Oc2cc(C)c(O)c(C)c2)c(C)c1. The topological polar surface area (TPSA) is 81.8 Å². The average molecular weight is 343 g/mol. The molecule has 0 aromatic heterocycles. The van der Waals surface area contributed by atoms with Crippen LogP contribution >= 0.6 is 0 Å². The molecule has 5 heteroatoms. The number of esters is 1. The second-order valence-electron chi connectivity index (χ2n) is 6.40. The van der Waals surface area contributed by atoms with Crippen molar-refractivity contribution in [2.45, 2.75) is 40.2 Å². The van der Waals surface area contributed by atoms with E-state index in [1.165, 1.54) is 7.11 Å². The summed E-state index contributed by atoms with van der Waals surface area (Å²) in [6.45, 7) is 7.59. The first-order valence-corrected chi connectivity index (χ1v) is 8.14. The molecule has 2 rings (SSSR count). The minimum Gasteiger partial charge on any atom is -0.507 e. The Balaban J connectivity index is 2.27. The molecule has 0 amide bonds. The second kappa shape index (κ2) is 7.57. The predicted octanol–water partition coefficient (Wildman–Crippen LogP) is 3.46. The fourth-order valence-corrected chi connectivity index (χ4v) is 2.90. The van der Waals surface area contributed by atoms with E-state index in [0.717, 1.165) is 33.6 Å². The number of rotatable bonds is 5. The molecule has 134 valence electrons. The Kier molecular flexibility index (Phi) is 5.69. The lowest BCUT2D eigenvalue weighted by atomic mass is 10.0. The number of aromatic hydroxyl groups is 1. The first-order chi connectivity index (χ1) is 11.7. The van der Waals surface area contributed by atoms with Crippen molar-refractivity contribution in [1.29, 1.82) is 0 Å². The van der Waals surface area contributed by atoms with Crippen LogP contribution in [-0.2, 0) is 16.0 Å². The van der Waals surface area contributed by atoms with Gasteiger partial charge in [0.25, 0.3) is 0 Å². The van der Waals surface area contributed by atoms with Crippen LogP contribution in [0.1, 0.15) is 27.8 Å². The second-order valence-corrected chi connectivity index (χ2v) is 6.40. The molecule has 0 aliphatic rings. The molecule has 0 aliphatic heterocycles. The van der Waals surface area contributed by atoms with Crippen molar-refractivity contribution in [3.05, 3.63) is 52.1 Å². The smallest absolute Gasteiger partial charge is 0.322 e. The minimum atomic E-state index is -0.682. The van der Waals surface area contributed by atoms with E-state index in [4.69, 9.17) is 10.5 Å². The average Bonchev–Trinajstić information content (AvgIpc) is 2.55. The number of phenols is 1. The summed E-state index contributed by atoms with van der Waals surface area (Å²) in [4.78, 5) is 11.5. The van der Waals surface area contributed by atoms with Crippen molar-refractivity contribution in [3.8, 4) is 17.2 Å². The standard InChI is InChI=1S/C20H25NO4/c1-11-8-16(9-12(2)18(11)22)25-19-13(3)6-15(7-14(19)4)10-17(21)20(23)24-5/h6-9,17,22H,10,21H2,1-5H3/t17-/m0/s1. The van der Waals surface area contributed by atoms with Crippen LogP contribution in [0.4, 0.5) is 0 Å². The molecular weight excluding hydrogens is 318 g/mol. The molecule has 0 saturated carbocycles. The van der Waals surface area contributed by atoms with Crippen LogP contribution in [0.15, 0.2) is 24.3 Å². The van der Waals surface area contributed by atoms with Crippen molar-refractivity contribution >= 4 is 5.97 Å². The lowest BCUT2D eigenvalue weighted by Gasteiger charge is -2.16. The van der Waals surface area contributed by atoms with Gasteiger partial charge in [-0.25, -0.2) is 0 Å². The Morgan fingerprint density at radius 1 is 1.04 bits per heavy atom. The van der Waals surface area contributed by atoms with Gasteiger partial charge in [0, 0.05) is 0 Å². The number of hydrogen-bond acceptors (Lipinski definition) is 5. The molecule has 0 radical (unpaired) electrons. The van der Waals surface area contributed by atoms with Gasteiger partial charge < -0.3 is 20.3 Å². The van der Waals surface area contributed by atoms with Gasteiger partial charge >= 0.3 is 5.97 Å². The number of ether oxygens (including phenoxy) is 2. The van der Waals surface area contributed by atoms with Gasteiger partial charge in [0.15, 0.2) is 0 Å². The summed E-state index contributed by atoms with van der Waals surface area (Å²) >= 11 is 0. The Bertz CT molecular complexity index is 752. The molecule has 5 nitrogen and oxygen atoms in total. The van der Waals surface area contributed by atoms with Crippen molar-refractivity contribution < 1.29 is 19.4 Å². The van der Waals surface area contributed by atoms with Crippen LogP contribution in [-0.4, -0.2) is 24.2 Å². The number of carbonyl (C=O) groups excluding carboxylic acids is 1. The Labute approximate surface area is 148 Å². The largest absolute Gasteiger partial charge is 0.507 e. The number of benzene rings is 2. The van der Waals surface area contributed by atoms with E-state index in [1.54, 1.807) is 0 Å². The first kappa shape index (κ1) is 18.8. The van der Waals surface area contributed by atoms with Gasteiger partial charge in [0.1, 0.15) is 23.3 Å². The van der Waals surface area contributed by atoms with Crippen LogP contribution in [0.2, 0.25) is 0 Å². The van der Waals surface area contributed by atoms with Gasteiger partial charge in [-0.05, 0) is 74.1 Å². The van der Waals surface area contributed by atoms with E-state index in [0.29, 0.717) is 12.2 Å². The van der Waals surface area contributed by atoms with Gasteiger partial charge in [-0.3, -0.25) is 4.79 Å². The maximum Gasteiger partial charge on any atom is 0.322 e.